The monoisotopic (exact) mass is 382 g/mol. The molecule has 3 nitrogen and oxygen atoms in total. The van der Waals surface area contributed by atoms with Crippen molar-refractivity contribution in [2.45, 2.75) is 89.1 Å². The maximum Gasteiger partial charge on any atom is 0.251 e. The SMILES string of the molecule is CCC(CC)NC(=O)C1=CC2(CCN(C3CCCCC3)CC2)c2ccccc21.[HH]. The number of allylic oxidation sites excluding steroid dienone is 1. The molecule has 1 heterocycles. The highest BCUT2D eigenvalue weighted by molar-refractivity contribution is 6.21. The Bertz CT molecular complexity index is 726. The number of hydrogen-bond donors (Lipinski definition) is 1. The molecule has 3 aliphatic rings. The molecule has 2 fully saturated rings. The predicted octanol–water partition coefficient (Wildman–Crippen LogP) is 5.30. The molecule has 1 N–H and O–H groups in total. The normalized spacial score (nSPS) is 22.3. The summed E-state index contributed by atoms with van der Waals surface area (Å²) in [7, 11) is 0. The molecule has 154 valence electrons. The van der Waals surface area contributed by atoms with Crippen molar-refractivity contribution in [2.75, 3.05) is 13.1 Å². The summed E-state index contributed by atoms with van der Waals surface area (Å²) in [6.07, 6.45) is 13.5. The fourth-order valence-corrected chi connectivity index (χ4v) is 5.68. The van der Waals surface area contributed by atoms with Crippen LogP contribution >= 0.6 is 0 Å². The second-order valence-electron chi connectivity index (χ2n) is 9.07. The number of nitrogens with one attached hydrogen (secondary N) is 1. The number of benzene rings is 1. The van der Waals surface area contributed by atoms with E-state index in [1.54, 1.807) is 0 Å². The van der Waals surface area contributed by atoms with E-state index in [1.807, 2.05) is 0 Å². The van der Waals surface area contributed by atoms with E-state index in [-0.39, 0.29) is 18.8 Å². The summed E-state index contributed by atoms with van der Waals surface area (Å²) >= 11 is 0. The van der Waals surface area contributed by atoms with Crippen LogP contribution in [0.15, 0.2) is 30.3 Å². The summed E-state index contributed by atoms with van der Waals surface area (Å²) in [6, 6.07) is 9.70. The van der Waals surface area contributed by atoms with Gasteiger partial charge in [0.05, 0.1) is 0 Å². The van der Waals surface area contributed by atoms with Gasteiger partial charge in [-0.1, -0.05) is 63.5 Å². The largest absolute Gasteiger partial charge is 0.349 e. The van der Waals surface area contributed by atoms with Crippen LogP contribution in [0.5, 0.6) is 0 Å². The smallest absolute Gasteiger partial charge is 0.251 e. The summed E-state index contributed by atoms with van der Waals surface area (Å²) in [5.74, 6) is 0.118. The van der Waals surface area contributed by atoms with Crippen LogP contribution in [0.25, 0.3) is 5.57 Å². The molecule has 3 heteroatoms. The molecule has 1 saturated heterocycles. The summed E-state index contributed by atoms with van der Waals surface area (Å²) in [6.45, 7) is 6.62. The van der Waals surface area contributed by atoms with Crippen molar-refractivity contribution in [1.29, 1.82) is 0 Å². The van der Waals surface area contributed by atoms with Crippen LogP contribution in [0.3, 0.4) is 0 Å². The van der Waals surface area contributed by atoms with Crippen molar-refractivity contribution in [3.05, 3.63) is 41.5 Å². The first kappa shape index (κ1) is 19.7. The fraction of sp³-hybridized carbons (Fsp3) is 0.640. The average Bonchev–Trinajstić information content (AvgIpc) is 3.07. The first-order valence-corrected chi connectivity index (χ1v) is 11.5. The number of rotatable bonds is 5. The Morgan fingerprint density at radius 1 is 1.14 bits per heavy atom. The predicted molar refractivity (Wildman–Crippen MR) is 118 cm³/mol. The highest BCUT2D eigenvalue weighted by Gasteiger charge is 2.43. The molecular formula is C25H38N2O. The maximum absolute atomic E-state index is 13.1. The molecule has 1 aliphatic heterocycles. The molecule has 1 saturated carbocycles. The van der Waals surface area contributed by atoms with Crippen molar-refractivity contribution in [2.24, 2.45) is 0 Å². The van der Waals surface area contributed by atoms with Gasteiger partial charge in [-0.25, -0.2) is 0 Å². The molecule has 0 unspecified atom stereocenters. The lowest BCUT2D eigenvalue weighted by molar-refractivity contribution is -0.116. The molecule has 1 amide bonds. The second-order valence-corrected chi connectivity index (χ2v) is 9.07. The van der Waals surface area contributed by atoms with Crippen molar-refractivity contribution in [1.82, 2.24) is 10.2 Å². The summed E-state index contributed by atoms with van der Waals surface area (Å²) in [5, 5.41) is 3.26. The van der Waals surface area contributed by atoms with Crippen molar-refractivity contribution in [3.8, 4) is 0 Å². The van der Waals surface area contributed by atoms with Crippen LogP contribution < -0.4 is 5.32 Å². The fourth-order valence-electron chi connectivity index (χ4n) is 5.68. The van der Waals surface area contributed by atoms with Gasteiger partial charge in [0.15, 0.2) is 0 Å². The molecule has 1 aromatic carbocycles. The number of fused-ring (bicyclic) bond motifs is 2. The lowest BCUT2D eigenvalue weighted by Gasteiger charge is -2.43. The number of hydrogen-bond acceptors (Lipinski definition) is 2. The highest BCUT2D eigenvalue weighted by Crippen LogP contribution is 2.47. The molecule has 0 aromatic heterocycles. The molecule has 1 aromatic rings. The molecule has 0 atom stereocenters. The Hall–Kier alpha value is -1.61. The zero-order valence-corrected chi connectivity index (χ0v) is 17.7. The van der Waals surface area contributed by atoms with Crippen LogP contribution in [0.4, 0.5) is 0 Å². The average molecular weight is 383 g/mol. The number of likely N-dealkylation sites (tertiary alicyclic amines) is 1. The molecule has 28 heavy (non-hydrogen) atoms. The number of amides is 1. The van der Waals surface area contributed by atoms with Crippen LogP contribution in [0.2, 0.25) is 0 Å². The summed E-state index contributed by atoms with van der Waals surface area (Å²) < 4.78 is 0. The van der Waals surface area contributed by atoms with Crippen molar-refractivity contribution in [3.63, 3.8) is 0 Å². The lowest BCUT2D eigenvalue weighted by Crippen LogP contribution is -2.46. The Kier molecular flexibility index (Phi) is 5.91. The van der Waals surface area contributed by atoms with Gasteiger partial charge in [0.2, 0.25) is 0 Å². The number of carbonyl (C=O) groups excluding carboxylic acids is 1. The van der Waals surface area contributed by atoms with Crippen LogP contribution in [-0.2, 0) is 10.2 Å². The van der Waals surface area contributed by atoms with E-state index < -0.39 is 0 Å². The van der Waals surface area contributed by atoms with Gasteiger partial charge >= 0.3 is 0 Å². The van der Waals surface area contributed by atoms with Gasteiger partial charge in [-0.05, 0) is 62.7 Å². The number of nitrogens with zero attached hydrogens (tertiary/aromatic N) is 1. The van der Waals surface area contributed by atoms with Gasteiger partial charge in [-0.2, -0.15) is 0 Å². The zero-order chi connectivity index (χ0) is 19.6. The van der Waals surface area contributed by atoms with Gasteiger partial charge < -0.3 is 10.2 Å². The third-order valence-corrected chi connectivity index (χ3v) is 7.52. The van der Waals surface area contributed by atoms with Crippen LogP contribution in [0.1, 0.15) is 84.2 Å². The third-order valence-electron chi connectivity index (χ3n) is 7.52. The van der Waals surface area contributed by atoms with E-state index in [4.69, 9.17) is 0 Å². The molecular weight excluding hydrogens is 344 g/mol. The topological polar surface area (TPSA) is 32.3 Å². The molecule has 2 aliphatic carbocycles. The van der Waals surface area contributed by atoms with E-state index in [1.165, 1.54) is 37.7 Å². The third kappa shape index (κ3) is 3.66. The van der Waals surface area contributed by atoms with Crippen molar-refractivity contribution >= 4 is 11.5 Å². The number of piperidine rings is 1. The second kappa shape index (κ2) is 8.41. The summed E-state index contributed by atoms with van der Waals surface area (Å²) in [4.78, 5) is 15.8. The molecule has 0 bridgehead atoms. The van der Waals surface area contributed by atoms with E-state index in [9.17, 15) is 4.79 Å². The Labute approximate surface area is 172 Å². The van der Waals surface area contributed by atoms with Gasteiger partial charge in [-0.3, -0.25) is 4.79 Å². The van der Waals surface area contributed by atoms with Gasteiger partial charge in [0, 0.05) is 24.5 Å². The molecule has 1 spiro atoms. The van der Waals surface area contributed by atoms with Gasteiger partial charge in [0.25, 0.3) is 5.91 Å². The number of carbonyl (C=O) groups is 1. The van der Waals surface area contributed by atoms with Gasteiger partial charge in [-0.15, -0.1) is 0 Å². The minimum Gasteiger partial charge on any atom is -0.349 e. The van der Waals surface area contributed by atoms with E-state index >= 15 is 0 Å². The highest BCUT2D eigenvalue weighted by atomic mass is 16.1. The van der Waals surface area contributed by atoms with Crippen molar-refractivity contribution < 1.29 is 6.22 Å². The Morgan fingerprint density at radius 3 is 2.50 bits per heavy atom. The van der Waals surface area contributed by atoms with Crippen LogP contribution in [-0.4, -0.2) is 36.0 Å². The van der Waals surface area contributed by atoms with E-state index in [0.29, 0.717) is 0 Å². The van der Waals surface area contributed by atoms with Crippen LogP contribution in [0, 0.1) is 0 Å². The standard InChI is InChI=1S/C25H36N2O.H2/c1-3-19(4-2)26-24(28)22-18-25(23-13-9-8-12-21(22)23)14-16-27(17-15-25)20-10-6-5-7-11-20;/h8-9,12-13,18-20H,3-7,10-11,14-17H2,1-2H3,(H,26,28);1H. The maximum atomic E-state index is 13.1. The Balaban J connectivity index is 0.00000240. The summed E-state index contributed by atoms with van der Waals surface area (Å²) in [5.41, 5.74) is 3.52. The first-order chi connectivity index (χ1) is 13.7. The van der Waals surface area contributed by atoms with E-state index in [2.05, 4.69) is 54.4 Å². The minimum absolute atomic E-state index is 0. The van der Waals surface area contributed by atoms with Gasteiger partial charge in [0.1, 0.15) is 0 Å². The minimum atomic E-state index is 0. The first-order valence-electron chi connectivity index (χ1n) is 11.5. The molecule has 4 rings (SSSR count). The molecule has 0 radical (unpaired) electrons. The van der Waals surface area contributed by atoms with E-state index in [0.717, 1.165) is 56.0 Å². The Morgan fingerprint density at radius 2 is 1.82 bits per heavy atom. The lowest BCUT2D eigenvalue weighted by atomic mass is 9.74. The zero-order valence-electron chi connectivity index (χ0n) is 17.7. The quantitative estimate of drug-likeness (QED) is 0.749.